The molecule has 0 bridgehead atoms. The van der Waals surface area contributed by atoms with Crippen LogP contribution in [0.4, 0.5) is 5.69 Å². The zero-order chi connectivity index (χ0) is 21.7. The quantitative estimate of drug-likeness (QED) is 0.477. The maximum atomic E-state index is 12.8. The smallest absolute Gasteiger partial charge is 0.269 e. The van der Waals surface area contributed by atoms with Crippen molar-refractivity contribution in [3.05, 3.63) is 94.0 Å². The molecule has 0 radical (unpaired) electrons. The van der Waals surface area contributed by atoms with Gasteiger partial charge in [-0.1, -0.05) is 30.3 Å². The Bertz CT molecular complexity index is 1200. The number of carbonyl (C=O) groups is 2. The highest BCUT2D eigenvalue weighted by Crippen LogP contribution is 2.26. The molecule has 30 heavy (non-hydrogen) atoms. The fourth-order valence-electron chi connectivity index (χ4n) is 2.57. The van der Waals surface area contributed by atoms with E-state index >= 15 is 0 Å². The number of halogens is 1. The Morgan fingerprint density at radius 1 is 0.800 bits per heavy atom. The van der Waals surface area contributed by atoms with Crippen LogP contribution in [0.15, 0.2) is 82.2 Å². The van der Waals surface area contributed by atoms with Gasteiger partial charge in [-0.3, -0.25) is 25.2 Å². The second-order valence-electron chi connectivity index (χ2n) is 6.39. The number of nitrogens with one attached hydrogen (secondary N) is 3. The molecule has 3 rings (SSSR count). The Labute approximate surface area is 182 Å². The van der Waals surface area contributed by atoms with E-state index < -0.39 is 21.8 Å². The lowest BCUT2D eigenvalue weighted by Crippen LogP contribution is -2.41. The van der Waals surface area contributed by atoms with E-state index in [-0.39, 0.29) is 10.5 Å². The molecule has 0 aromatic heterocycles. The third-order valence-corrected chi connectivity index (χ3v) is 6.15. The molecule has 154 valence electrons. The summed E-state index contributed by atoms with van der Waals surface area (Å²) in [6, 6.07) is 19.2. The lowest BCUT2D eigenvalue weighted by molar-refractivity contribution is 0.0846. The molecule has 3 N–H and O–H groups in total. The largest absolute Gasteiger partial charge is 0.278 e. The Morgan fingerprint density at radius 2 is 1.43 bits per heavy atom. The summed E-state index contributed by atoms with van der Waals surface area (Å²) in [5.74, 6) is -1.13. The number of amides is 2. The summed E-state index contributed by atoms with van der Waals surface area (Å²) in [7, 11) is -3.93. The number of hydrogen-bond donors (Lipinski definition) is 3. The topological polar surface area (TPSA) is 104 Å². The van der Waals surface area contributed by atoms with Crippen molar-refractivity contribution in [3.63, 3.8) is 0 Å². The van der Waals surface area contributed by atoms with Crippen LogP contribution in [0, 0.1) is 6.92 Å². The van der Waals surface area contributed by atoms with E-state index in [0.29, 0.717) is 15.7 Å². The zero-order valence-corrected chi connectivity index (χ0v) is 18.2. The van der Waals surface area contributed by atoms with Gasteiger partial charge >= 0.3 is 0 Å². The third kappa shape index (κ3) is 5.25. The first-order valence-corrected chi connectivity index (χ1v) is 11.1. The van der Waals surface area contributed by atoms with E-state index in [1.165, 1.54) is 24.3 Å². The second-order valence-corrected chi connectivity index (χ2v) is 8.93. The first-order chi connectivity index (χ1) is 14.3. The summed E-state index contributed by atoms with van der Waals surface area (Å²) in [5, 5.41) is 0. The molecule has 9 heteroatoms. The van der Waals surface area contributed by atoms with E-state index in [9.17, 15) is 18.0 Å². The Morgan fingerprint density at radius 3 is 2.13 bits per heavy atom. The molecular weight excluding hydrogens is 470 g/mol. The number of hydrogen-bond acceptors (Lipinski definition) is 4. The van der Waals surface area contributed by atoms with Crippen LogP contribution in [0.1, 0.15) is 26.3 Å². The summed E-state index contributed by atoms with van der Waals surface area (Å²) in [6.07, 6.45) is 0. The fourth-order valence-corrected chi connectivity index (χ4v) is 4.17. The average molecular weight is 488 g/mol. The molecule has 2 amide bonds. The lowest BCUT2D eigenvalue weighted by atomic mass is 10.2. The van der Waals surface area contributed by atoms with Gasteiger partial charge in [0.15, 0.2) is 0 Å². The van der Waals surface area contributed by atoms with E-state index in [4.69, 9.17) is 0 Å². The predicted molar refractivity (Wildman–Crippen MR) is 118 cm³/mol. The summed E-state index contributed by atoms with van der Waals surface area (Å²) >= 11 is 3.32. The minimum Gasteiger partial charge on any atom is -0.278 e. The van der Waals surface area contributed by atoms with Crippen LogP contribution in [0.3, 0.4) is 0 Å². The average Bonchev–Trinajstić information content (AvgIpc) is 2.75. The fraction of sp³-hybridized carbons (Fsp3) is 0.0476. The first kappa shape index (κ1) is 21.5. The van der Waals surface area contributed by atoms with Gasteiger partial charge in [0.2, 0.25) is 0 Å². The van der Waals surface area contributed by atoms with E-state index in [1.807, 2.05) is 13.0 Å². The summed E-state index contributed by atoms with van der Waals surface area (Å²) in [6.45, 7) is 1.85. The van der Waals surface area contributed by atoms with E-state index in [1.54, 1.807) is 42.5 Å². The number of aryl methyl sites for hydroxylation is 1. The molecule has 0 saturated heterocycles. The van der Waals surface area contributed by atoms with Crippen LogP contribution >= 0.6 is 15.9 Å². The molecule has 0 saturated carbocycles. The molecule has 7 nitrogen and oxygen atoms in total. The standard InChI is InChI=1S/C21H18BrN3O4S/c1-14-10-11-18(22)19(12-14)25-30(28,29)17-9-5-8-16(13-17)21(27)24-23-20(26)15-6-3-2-4-7-15/h2-13,25H,1H3,(H,23,26)(H,24,27). The third-order valence-electron chi connectivity index (χ3n) is 4.10. The first-order valence-electron chi connectivity index (χ1n) is 8.81. The van der Waals surface area contributed by atoms with Gasteiger partial charge in [-0.15, -0.1) is 0 Å². The molecule has 0 aliphatic rings. The number of anilines is 1. The molecule has 0 heterocycles. The van der Waals surface area contributed by atoms with Gasteiger partial charge in [-0.05, 0) is 70.9 Å². The number of sulfonamides is 1. The van der Waals surface area contributed by atoms with E-state index in [0.717, 1.165) is 5.56 Å². The highest BCUT2D eigenvalue weighted by atomic mass is 79.9. The summed E-state index contributed by atoms with van der Waals surface area (Å²) in [5.41, 5.74) is 6.31. The van der Waals surface area contributed by atoms with Crippen LogP contribution in [0.2, 0.25) is 0 Å². The van der Waals surface area contributed by atoms with Gasteiger partial charge in [-0.25, -0.2) is 8.42 Å². The van der Waals surface area contributed by atoms with Gasteiger partial charge in [-0.2, -0.15) is 0 Å². The molecule has 0 unspecified atom stereocenters. The number of benzene rings is 3. The van der Waals surface area contributed by atoms with Crippen LogP contribution in [-0.4, -0.2) is 20.2 Å². The minimum absolute atomic E-state index is 0.0783. The molecular formula is C21H18BrN3O4S. The molecule has 0 spiro atoms. The monoisotopic (exact) mass is 487 g/mol. The summed E-state index contributed by atoms with van der Waals surface area (Å²) in [4.78, 5) is 24.3. The van der Waals surface area contributed by atoms with Crippen molar-refractivity contribution in [3.8, 4) is 0 Å². The Kier molecular flexibility index (Phi) is 6.53. The van der Waals surface area contributed by atoms with Crippen LogP contribution in [0.5, 0.6) is 0 Å². The van der Waals surface area contributed by atoms with Crippen molar-refractivity contribution in [2.75, 3.05) is 4.72 Å². The second kappa shape index (κ2) is 9.10. The van der Waals surface area contributed by atoms with Gasteiger partial charge in [0.05, 0.1) is 10.6 Å². The van der Waals surface area contributed by atoms with Gasteiger partial charge < -0.3 is 0 Å². The maximum absolute atomic E-state index is 12.8. The normalized spacial score (nSPS) is 10.9. The van der Waals surface area contributed by atoms with Crippen LogP contribution < -0.4 is 15.6 Å². The number of rotatable bonds is 5. The molecule has 0 atom stereocenters. The molecule has 3 aromatic rings. The maximum Gasteiger partial charge on any atom is 0.269 e. The number of carbonyl (C=O) groups excluding carboxylic acids is 2. The lowest BCUT2D eigenvalue weighted by Gasteiger charge is -2.12. The Balaban J connectivity index is 1.74. The van der Waals surface area contributed by atoms with Crippen molar-refractivity contribution >= 4 is 43.5 Å². The van der Waals surface area contributed by atoms with Crippen molar-refractivity contribution in [1.29, 1.82) is 0 Å². The molecule has 0 fully saturated rings. The molecule has 0 aliphatic carbocycles. The van der Waals surface area contributed by atoms with E-state index in [2.05, 4.69) is 31.5 Å². The van der Waals surface area contributed by atoms with Gasteiger partial charge in [0, 0.05) is 15.6 Å². The SMILES string of the molecule is Cc1ccc(Br)c(NS(=O)(=O)c2cccc(C(=O)NNC(=O)c3ccccc3)c2)c1. The minimum atomic E-state index is -3.93. The van der Waals surface area contributed by atoms with Crippen LogP contribution in [-0.2, 0) is 10.0 Å². The van der Waals surface area contributed by atoms with Crippen LogP contribution in [0.25, 0.3) is 0 Å². The van der Waals surface area contributed by atoms with Crippen molar-refractivity contribution in [1.82, 2.24) is 10.9 Å². The highest BCUT2D eigenvalue weighted by molar-refractivity contribution is 9.10. The molecule has 0 aliphatic heterocycles. The predicted octanol–water partition coefficient (Wildman–Crippen LogP) is 3.63. The Hall–Kier alpha value is -3.17. The molecule has 3 aromatic carbocycles. The summed E-state index contributed by atoms with van der Waals surface area (Å²) < 4.78 is 28.6. The highest BCUT2D eigenvalue weighted by Gasteiger charge is 2.18. The van der Waals surface area contributed by atoms with Gasteiger partial charge in [0.1, 0.15) is 0 Å². The number of hydrazine groups is 1. The van der Waals surface area contributed by atoms with Crippen molar-refractivity contribution in [2.45, 2.75) is 11.8 Å². The van der Waals surface area contributed by atoms with Gasteiger partial charge in [0.25, 0.3) is 21.8 Å². The zero-order valence-electron chi connectivity index (χ0n) is 15.8. The van der Waals surface area contributed by atoms with Crippen molar-refractivity contribution < 1.29 is 18.0 Å². The van der Waals surface area contributed by atoms with Crippen molar-refractivity contribution in [2.24, 2.45) is 0 Å².